The van der Waals surface area contributed by atoms with Crippen LogP contribution in [0.4, 0.5) is 0 Å². The topological polar surface area (TPSA) is 43.8 Å². The summed E-state index contributed by atoms with van der Waals surface area (Å²) < 4.78 is 0. The Morgan fingerprint density at radius 1 is 1.18 bits per heavy atom. The molecule has 0 aliphatic carbocycles. The van der Waals surface area contributed by atoms with E-state index in [0.717, 1.165) is 39.1 Å². The van der Waals surface area contributed by atoms with Gasteiger partial charge in [0.05, 0.1) is 6.42 Å². The second-order valence-corrected chi connectivity index (χ2v) is 4.11. The van der Waals surface area contributed by atoms with E-state index in [2.05, 4.69) is 30.2 Å². The Balaban J connectivity index is 3.82. The van der Waals surface area contributed by atoms with Crippen molar-refractivity contribution in [2.75, 3.05) is 39.3 Å². The highest BCUT2D eigenvalue weighted by molar-refractivity contribution is 5.66. The van der Waals surface area contributed by atoms with Crippen LogP contribution in [0.5, 0.6) is 0 Å². The molecule has 0 amide bonds. The molecule has 1 N–H and O–H groups in total. The van der Waals surface area contributed by atoms with Gasteiger partial charge in [-0.2, -0.15) is 0 Å². The van der Waals surface area contributed by atoms with Crippen LogP contribution in [0.3, 0.4) is 0 Å². The van der Waals surface area contributed by atoms with Crippen molar-refractivity contribution in [3.05, 3.63) is 12.7 Å². The van der Waals surface area contributed by atoms with Crippen molar-refractivity contribution < 1.29 is 9.90 Å². The number of hydrogen-bond donors (Lipinski definition) is 1. The Kier molecular flexibility index (Phi) is 9.77. The number of rotatable bonds is 11. The SMILES string of the molecule is C=CCN(CCCN(CC)CC)CCC(=O)O. The third-order valence-corrected chi connectivity index (χ3v) is 2.87. The maximum absolute atomic E-state index is 10.5. The van der Waals surface area contributed by atoms with Gasteiger partial charge in [-0.1, -0.05) is 19.9 Å². The first kappa shape index (κ1) is 16.1. The van der Waals surface area contributed by atoms with E-state index in [9.17, 15) is 4.79 Å². The predicted molar refractivity (Wildman–Crippen MR) is 71.3 cm³/mol. The van der Waals surface area contributed by atoms with Crippen LogP contribution in [-0.2, 0) is 4.79 Å². The van der Waals surface area contributed by atoms with Gasteiger partial charge in [0, 0.05) is 13.1 Å². The predicted octanol–water partition coefficient (Wildman–Crippen LogP) is 1.68. The molecule has 0 saturated heterocycles. The molecular formula is C13H26N2O2. The normalized spacial score (nSPS) is 11.1. The standard InChI is InChI=1S/C13H26N2O2/c1-4-9-15(12-8-13(16)17)11-7-10-14(5-2)6-3/h4H,1,5-12H2,2-3H3,(H,16,17). The molecule has 17 heavy (non-hydrogen) atoms. The van der Waals surface area contributed by atoms with Crippen molar-refractivity contribution in [1.82, 2.24) is 9.80 Å². The highest BCUT2D eigenvalue weighted by Gasteiger charge is 2.06. The number of carboxylic acid groups (broad SMARTS) is 1. The minimum absolute atomic E-state index is 0.207. The first-order valence-corrected chi connectivity index (χ1v) is 6.41. The van der Waals surface area contributed by atoms with E-state index in [0.29, 0.717) is 6.54 Å². The fourth-order valence-electron chi connectivity index (χ4n) is 1.79. The molecule has 0 radical (unpaired) electrons. The summed E-state index contributed by atoms with van der Waals surface area (Å²) in [6.45, 7) is 13.6. The Morgan fingerprint density at radius 3 is 2.24 bits per heavy atom. The van der Waals surface area contributed by atoms with Gasteiger partial charge in [-0.25, -0.2) is 0 Å². The van der Waals surface area contributed by atoms with E-state index in [-0.39, 0.29) is 6.42 Å². The number of carbonyl (C=O) groups is 1. The molecule has 0 aromatic carbocycles. The third kappa shape index (κ3) is 8.89. The van der Waals surface area contributed by atoms with E-state index in [1.165, 1.54) is 0 Å². The molecule has 4 nitrogen and oxygen atoms in total. The minimum Gasteiger partial charge on any atom is -0.481 e. The molecule has 100 valence electrons. The summed E-state index contributed by atoms with van der Waals surface area (Å²) in [5.74, 6) is -0.734. The van der Waals surface area contributed by atoms with Crippen molar-refractivity contribution >= 4 is 5.97 Å². The van der Waals surface area contributed by atoms with E-state index < -0.39 is 5.97 Å². The van der Waals surface area contributed by atoms with Crippen LogP contribution in [0, 0.1) is 0 Å². The summed E-state index contributed by atoms with van der Waals surface area (Å²) >= 11 is 0. The summed E-state index contributed by atoms with van der Waals surface area (Å²) in [5.41, 5.74) is 0. The van der Waals surface area contributed by atoms with Crippen LogP contribution in [0.15, 0.2) is 12.7 Å². The molecule has 0 rings (SSSR count). The van der Waals surface area contributed by atoms with Gasteiger partial charge in [-0.15, -0.1) is 6.58 Å². The second kappa shape index (κ2) is 10.3. The molecule has 0 spiro atoms. The first-order valence-electron chi connectivity index (χ1n) is 6.41. The van der Waals surface area contributed by atoms with E-state index in [1.54, 1.807) is 0 Å². The van der Waals surface area contributed by atoms with Gasteiger partial charge in [-0.3, -0.25) is 9.69 Å². The lowest BCUT2D eigenvalue weighted by Crippen LogP contribution is -2.31. The molecule has 0 aromatic rings. The molecule has 0 aliphatic heterocycles. The summed E-state index contributed by atoms with van der Waals surface area (Å²) in [4.78, 5) is 15.0. The molecule has 0 saturated carbocycles. The van der Waals surface area contributed by atoms with Crippen molar-refractivity contribution in [2.24, 2.45) is 0 Å². The van der Waals surface area contributed by atoms with E-state index in [4.69, 9.17) is 5.11 Å². The molecule has 0 fully saturated rings. The Morgan fingerprint density at radius 2 is 1.76 bits per heavy atom. The average Bonchev–Trinajstić information content (AvgIpc) is 2.31. The lowest BCUT2D eigenvalue weighted by Gasteiger charge is -2.22. The van der Waals surface area contributed by atoms with Crippen molar-refractivity contribution in [1.29, 1.82) is 0 Å². The monoisotopic (exact) mass is 242 g/mol. The van der Waals surface area contributed by atoms with Gasteiger partial charge in [0.15, 0.2) is 0 Å². The summed E-state index contributed by atoms with van der Waals surface area (Å²) in [7, 11) is 0. The van der Waals surface area contributed by atoms with Crippen LogP contribution >= 0.6 is 0 Å². The Bertz CT molecular complexity index is 215. The Hall–Kier alpha value is -0.870. The highest BCUT2D eigenvalue weighted by atomic mass is 16.4. The molecule has 0 aliphatic rings. The van der Waals surface area contributed by atoms with Crippen LogP contribution in [0.25, 0.3) is 0 Å². The zero-order valence-electron chi connectivity index (χ0n) is 11.2. The average molecular weight is 242 g/mol. The minimum atomic E-state index is -0.734. The van der Waals surface area contributed by atoms with Crippen molar-refractivity contribution in [3.8, 4) is 0 Å². The number of aliphatic carboxylic acids is 1. The maximum Gasteiger partial charge on any atom is 0.304 e. The maximum atomic E-state index is 10.5. The zero-order valence-corrected chi connectivity index (χ0v) is 11.2. The molecule has 0 unspecified atom stereocenters. The third-order valence-electron chi connectivity index (χ3n) is 2.87. The smallest absolute Gasteiger partial charge is 0.304 e. The Labute approximate surface area is 105 Å². The number of carboxylic acids is 1. The summed E-state index contributed by atoms with van der Waals surface area (Å²) in [5, 5.41) is 8.66. The van der Waals surface area contributed by atoms with E-state index >= 15 is 0 Å². The fourth-order valence-corrected chi connectivity index (χ4v) is 1.79. The van der Waals surface area contributed by atoms with Crippen LogP contribution in [-0.4, -0.2) is 60.1 Å². The van der Waals surface area contributed by atoms with Crippen molar-refractivity contribution in [3.63, 3.8) is 0 Å². The quantitative estimate of drug-likeness (QED) is 0.560. The molecule has 0 atom stereocenters. The largest absolute Gasteiger partial charge is 0.481 e. The molecule has 0 aromatic heterocycles. The highest BCUT2D eigenvalue weighted by Crippen LogP contribution is 1.97. The van der Waals surface area contributed by atoms with Gasteiger partial charge < -0.3 is 10.0 Å². The number of hydrogen-bond acceptors (Lipinski definition) is 3. The first-order chi connectivity index (χ1) is 8.13. The summed E-state index contributed by atoms with van der Waals surface area (Å²) in [6.07, 6.45) is 3.12. The van der Waals surface area contributed by atoms with Gasteiger partial charge >= 0.3 is 5.97 Å². The summed E-state index contributed by atoms with van der Waals surface area (Å²) in [6, 6.07) is 0. The van der Waals surface area contributed by atoms with Gasteiger partial charge in [-0.05, 0) is 32.6 Å². The lowest BCUT2D eigenvalue weighted by atomic mass is 10.3. The van der Waals surface area contributed by atoms with Gasteiger partial charge in [0.2, 0.25) is 0 Å². The molecular weight excluding hydrogens is 216 g/mol. The molecule has 0 heterocycles. The van der Waals surface area contributed by atoms with Crippen LogP contribution in [0.2, 0.25) is 0 Å². The lowest BCUT2D eigenvalue weighted by molar-refractivity contribution is -0.137. The zero-order chi connectivity index (χ0) is 13.1. The molecule has 4 heteroatoms. The second-order valence-electron chi connectivity index (χ2n) is 4.11. The molecule has 0 bridgehead atoms. The van der Waals surface area contributed by atoms with Crippen LogP contribution in [0.1, 0.15) is 26.7 Å². The van der Waals surface area contributed by atoms with E-state index in [1.807, 2.05) is 6.08 Å². The van der Waals surface area contributed by atoms with Crippen LogP contribution < -0.4 is 0 Å². The van der Waals surface area contributed by atoms with Gasteiger partial charge in [0.25, 0.3) is 0 Å². The number of nitrogens with zero attached hydrogens (tertiary/aromatic N) is 2. The fraction of sp³-hybridized carbons (Fsp3) is 0.769. The van der Waals surface area contributed by atoms with Gasteiger partial charge in [0.1, 0.15) is 0 Å². The van der Waals surface area contributed by atoms with Crippen molar-refractivity contribution in [2.45, 2.75) is 26.7 Å².